The molecule has 1 aliphatic carbocycles. The highest BCUT2D eigenvalue weighted by Gasteiger charge is 2.42. The molecule has 0 spiro atoms. The van der Waals surface area contributed by atoms with Crippen LogP contribution in [-0.4, -0.2) is 71.6 Å². The van der Waals surface area contributed by atoms with Crippen molar-refractivity contribution < 1.29 is 28.6 Å². The highest BCUT2D eigenvalue weighted by Crippen LogP contribution is 2.40. The number of likely N-dealkylation sites (tertiary alicyclic amines) is 1. The van der Waals surface area contributed by atoms with Gasteiger partial charge in [0, 0.05) is 41.8 Å². The number of aromatic nitrogens is 2. The number of rotatable bonds is 16. The second kappa shape index (κ2) is 15.6. The predicted octanol–water partition coefficient (Wildman–Crippen LogP) is 5.73. The number of unbranched alkanes of at least 4 members (excludes halogenated alkanes) is 4. The van der Waals surface area contributed by atoms with Gasteiger partial charge in [-0.2, -0.15) is 0 Å². The number of nitrogens with two attached hydrogens (primary N) is 1. The van der Waals surface area contributed by atoms with Crippen LogP contribution < -0.4 is 20.5 Å². The average Bonchev–Trinajstić information content (AvgIpc) is 3.45. The summed E-state index contributed by atoms with van der Waals surface area (Å²) in [6.45, 7) is 4.39. The fourth-order valence-corrected chi connectivity index (χ4v) is 6.85. The van der Waals surface area contributed by atoms with Gasteiger partial charge in [0.05, 0.1) is 37.9 Å². The molecule has 252 valence electrons. The van der Waals surface area contributed by atoms with Crippen molar-refractivity contribution in [2.75, 3.05) is 26.1 Å². The number of carbonyl (C=O) groups excluding carboxylic acids is 3. The number of amides is 2. The normalized spacial score (nSPS) is 20.6. The molecule has 2 fully saturated rings. The smallest absolute Gasteiger partial charge is 0.309 e. The summed E-state index contributed by atoms with van der Waals surface area (Å²) in [4.78, 5) is 48.4. The summed E-state index contributed by atoms with van der Waals surface area (Å²) in [6.07, 6.45) is 10.0. The van der Waals surface area contributed by atoms with Gasteiger partial charge in [0.15, 0.2) is 5.13 Å². The minimum absolute atomic E-state index is 0.0249. The van der Waals surface area contributed by atoms with Gasteiger partial charge in [0.2, 0.25) is 11.8 Å². The van der Waals surface area contributed by atoms with Crippen LogP contribution in [0.3, 0.4) is 0 Å². The van der Waals surface area contributed by atoms with E-state index in [1.807, 2.05) is 29.6 Å². The molecule has 47 heavy (non-hydrogen) atoms. The first-order valence-electron chi connectivity index (χ1n) is 16.4. The van der Waals surface area contributed by atoms with Crippen molar-refractivity contribution in [1.29, 1.82) is 0 Å². The first-order chi connectivity index (χ1) is 22.7. The lowest BCUT2D eigenvalue weighted by molar-refractivity contribution is -0.142. The molecule has 2 aromatic heterocycles. The minimum Gasteiger partial charge on any atom is -0.497 e. The Labute approximate surface area is 279 Å². The standard InChI is InChI=1S/C35H45N5O6S/c1-21(2)37-35-39-29(20-47-35)28-18-31(25-14-13-23(44-3)16-27(25)38-28)46-24-17-30(33(36)42)40(19-24)32(41)12-10-8-6-5-7-9-11-22-15-26(22)34(43)45-4/h9,11,13-14,16,18,20-22,24,26,30H,5-8,10,12,15,17,19H2,1-4H3,(H2,36,42)(H,37,39)/b11-9-/t22-,24-,26+,30+/m1/s1. The zero-order valence-electron chi connectivity index (χ0n) is 27.6. The molecule has 1 aliphatic heterocycles. The Morgan fingerprint density at radius 3 is 2.64 bits per heavy atom. The molecule has 1 aromatic carbocycles. The van der Waals surface area contributed by atoms with Gasteiger partial charge in [-0.3, -0.25) is 14.4 Å². The van der Waals surface area contributed by atoms with E-state index in [1.54, 1.807) is 12.0 Å². The number of benzene rings is 1. The molecule has 3 N–H and O–H groups in total. The molecule has 1 saturated carbocycles. The monoisotopic (exact) mass is 663 g/mol. The van der Waals surface area contributed by atoms with Crippen molar-refractivity contribution in [3.8, 4) is 22.9 Å². The van der Waals surface area contributed by atoms with Gasteiger partial charge in [-0.05, 0) is 57.6 Å². The van der Waals surface area contributed by atoms with Gasteiger partial charge < -0.3 is 30.2 Å². The number of ether oxygens (including phenoxy) is 3. The van der Waals surface area contributed by atoms with E-state index in [-0.39, 0.29) is 30.4 Å². The van der Waals surface area contributed by atoms with Crippen LogP contribution in [-0.2, 0) is 19.1 Å². The van der Waals surface area contributed by atoms with E-state index in [1.165, 1.54) is 18.4 Å². The van der Waals surface area contributed by atoms with Gasteiger partial charge in [0.1, 0.15) is 29.3 Å². The summed E-state index contributed by atoms with van der Waals surface area (Å²) < 4.78 is 16.8. The zero-order chi connectivity index (χ0) is 33.5. The van der Waals surface area contributed by atoms with Gasteiger partial charge in [0.25, 0.3) is 0 Å². The average molecular weight is 664 g/mol. The van der Waals surface area contributed by atoms with Crippen molar-refractivity contribution in [3.63, 3.8) is 0 Å². The molecular formula is C35H45N5O6S. The van der Waals surface area contributed by atoms with Crippen LogP contribution in [0.4, 0.5) is 5.13 Å². The molecule has 0 bridgehead atoms. The van der Waals surface area contributed by atoms with E-state index in [0.29, 0.717) is 41.5 Å². The highest BCUT2D eigenvalue weighted by molar-refractivity contribution is 7.14. The Hall–Kier alpha value is -4.19. The molecule has 0 unspecified atom stereocenters. The largest absolute Gasteiger partial charge is 0.497 e. The number of nitrogens with zero attached hydrogens (tertiary/aromatic N) is 3. The van der Waals surface area contributed by atoms with Gasteiger partial charge in [-0.25, -0.2) is 9.97 Å². The molecule has 11 nitrogen and oxygen atoms in total. The number of carbonyl (C=O) groups is 3. The third-order valence-corrected chi connectivity index (χ3v) is 9.37. The first-order valence-corrected chi connectivity index (χ1v) is 17.3. The molecule has 1 saturated heterocycles. The van der Waals surface area contributed by atoms with Crippen LogP contribution in [0.5, 0.6) is 11.5 Å². The molecule has 0 radical (unpaired) electrons. The lowest BCUT2D eigenvalue weighted by Gasteiger charge is -2.22. The molecular weight excluding hydrogens is 618 g/mol. The number of allylic oxidation sites excluding steroid dienone is 2. The Bertz CT molecular complexity index is 1610. The van der Waals surface area contributed by atoms with E-state index >= 15 is 0 Å². The topological polar surface area (TPSA) is 146 Å². The lowest BCUT2D eigenvalue weighted by atomic mass is 10.1. The van der Waals surface area contributed by atoms with Crippen LogP contribution in [0.1, 0.15) is 65.2 Å². The quantitative estimate of drug-likeness (QED) is 0.112. The zero-order valence-corrected chi connectivity index (χ0v) is 28.4. The van der Waals surface area contributed by atoms with E-state index in [2.05, 4.69) is 31.3 Å². The number of fused-ring (bicyclic) bond motifs is 1. The molecule has 4 atom stereocenters. The number of pyridine rings is 1. The third-order valence-electron chi connectivity index (χ3n) is 8.60. The maximum Gasteiger partial charge on any atom is 0.309 e. The number of hydrogen-bond donors (Lipinski definition) is 2. The maximum atomic E-state index is 13.3. The van der Waals surface area contributed by atoms with Gasteiger partial charge in [-0.1, -0.05) is 25.0 Å². The van der Waals surface area contributed by atoms with Crippen LogP contribution >= 0.6 is 11.3 Å². The van der Waals surface area contributed by atoms with E-state index in [4.69, 9.17) is 29.9 Å². The number of thiazole rings is 1. The molecule has 12 heteroatoms. The predicted molar refractivity (Wildman–Crippen MR) is 182 cm³/mol. The van der Waals surface area contributed by atoms with Crippen molar-refractivity contribution >= 4 is 45.2 Å². The number of nitrogens with one attached hydrogen (secondary N) is 1. The molecule has 5 rings (SSSR count). The summed E-state index contributed by atoms with van der Waals surface area (Å²) >= 11 is 1.51. The van der Waals surface area contributed by atoms with E-state index < -0.39 is 18.1 Å². The first kappa shape index (κ1) is 34.2. The van der Waals surface area contributed by atoms with E-state index in [9.17, 15) is 14.4 Å². The summed E-state index contributed by atoms with van der Waals surface area (Å²) in [5.41, 5.74) is 7.83. The van der Waals surface area contributed by atoms with Crippen LogP contribution in [0.2, 0.25) is 0 Å². The van der Waals surface area contributed by atoms with Crippen LogP contribution in [0, 0.1) is 11.8 Å². The number of primary amides is 1. The van der Waals surface area contributed by atoms with Gasteiger partial charge >= 0.3 is 5.97 Å². The second-order valence-corrected chi connectivity index (χ2v) is 13.4. The van der Waals surface area contributed by atoms with Gasteiger partial charge in [-0.15, -0.1) is 11.3 Å². The van der Waals surface area contributed by atoms with Crippen molar-refractivity contribution in [1.82, 2.24) is 14.9 Å². The van der Waals surface area contributed by atoms with Crippen LogP contribution in [0.15, 0.2) is 41.8 Å². The Morgan fingerprint density at radius 1 is 1.09 bits per heavy atom. The Balaban J connectivity index is 1.18. The number of methoxy groups -OCH3 is 2. The number of hydrogen-bond acceptors (Lipinski definition) is 10. The van der Waals surface area contributed by atoms with Crippen molar-refractivity contribution in [2.24, 2.45) is 17.6 Å². The fourth-order valence-electron chi connectivity index (χ4n) is 6.00. The SMILES string of the molecule is COC(=O)[C@H]1C[C@H]1/C=C\CCCCCCC(=O)N1C[C@H](Oc2cc(-c3csc(NC(C)C)n3)nc3cc(OC)ccc23)C[C@H]1C(N)=O. The van der Waals surface area contributed by atoms with Crippen LogP contribution in [0.25, 0.3) is 22.3 Å². The second-order valence-electron chi connectivity index (χ2n) is 12.6. The molecule has 3 aromatic rings. The molecule has 2 amide bonds. The fraction of sp³-hybridized carbons (Fsp3) is 0.514. The Morgan fingerprint density at radius 2 is 1.89 bits per heavy atom. The molecule has 2 aliphatic rings. The lowest BCUT2D eigenvalue weighted by Crippen LogP contribution is -2.43. The summed E-state index contributed by atoms with van der Waals surface area (Å²) in [5.74, 6) is 0.866. The maximum absolute atomic E-state index is 13.3. The van der Waals surface area contributed by atoms with E-state index in [0.717, 1.165) is 54.7 Å². The number of esters is 1. The summed E-state index contributed by atoms with van der Waals surface area (Å²) in [5, 5.41) is 6.88. The minimum atomic E-state index is -0.718. The summed E-state index contributed by atoms with van der Waals surface area (Å²) in [7, 11) is 3.04. The van der Waals surface area contributed by atoms with Crippen molar-refractivity contribution in [3.05, 3.63) is 41.8 Å². The summed E-state index contributed by atoms with van der Waals surface area (Å²) in [6, 6.07) is 7.00. The third kappa shape index (κ3) is 8.79. The highest BCUT2D eigenvalue weighted by atomic mass is 32.1. The number of anilines is 1. The van der Waals surface area contributed by atoms with Crippen molar-refractivity contribution in [2.45, 2.75) is 83.4 Å². The molecule has 3 heterocycles. The Kier molecular flexibility index (Phi) is 11.3.